The molecule has 1 aromatic carbocycles. The molecule has 0 aliphatic heterocycles. The molecule has 0 radical (unpaired) electrons. The second-order valence-corrected chi connectivity index (χ2v) is 9.47. The van der Waals surface area contributed by atoms with E-state index >= 15 is 0 Å². The summed E-state index contributed by atoms with van der Waals surface area (Å²) in [7, 11) is 1.56. The Hall–Kier alpha value is -2.56. The Morgan fingerprint density at radius 2 is 2.03 bits per heavy atom. The number of aryl methyl sites for hydroxylation is 1. The van der Waals surface area contributed by atoms with Gasteiger partial charge in [-0.05, 0) is 31.5 Å². The molecule has 0 fully saturated rings. The first kappa shape index (κ1) is 20.7. The summed E-state index contributed by atoms with van der Waals surface area (Å²) in [5.41, 5.74) is 1.74. The third-order valence-electron chi connectivity index (χ3n) is 4.64. The molecule has 1 N–H and O–H groups in total. The number of fused-ring (bicyclic) bond motifs is 3. The number of aromatic nitrogens is 5. The fourth-order valence-electron chi connectivity index (χ4n) is 3.41. The first-order valence-electron chi connectivity index (χ1n) is 9.13. The molecule has 30 heavy (non-hydrogen) atoms. The lowest BCUT2D eigenvalue weighted by atomic mass is 10.1. The minimum absolute atomic E-state index is 0.101. The highest BCUT2D eigenvalue weighted by atomic mass is 35.7. The van der Waals surface area contributed by atoms with E-state index in [0.717, 1.165) is 0 Å². The molecule has 0 aliphatic rings. The van der Waals surface area contributed by atoms with Crippen LogP contribution in [-0.2, 0) is 15.6 Å². The van der Waals surface area contributed by atoms with Crippen molar-refractivity contribution in [1.82, 2.24) is 24.1 Å². The van der Waals surface area contributed by atoms with Crippen LogP contribution in [0.2, 0.25) is 5.02 Å². The van der Waals surface area contributed by atoms with Gasteiger partial charge >= 0.3 is 5.69 Å². The van der Waals surface area contributed by atoms with Crippen LogP contribution in [0, 0.1) is 0 Å². The van der Waals surface area contributed by atoms with E-state index in [0.29, 0.717) is 53.3 Å². The van der Waals surface area contributed by atoms with E-state index < -0.39 is 9.05 Å². The number of rotatable bonds is 6. The fraction of sp³-hybridized carbons (Fsp3) is 0.278. The van der Waals surface area contributed by atoms with Crippen LogP contribution >= 0.6 is 22.3 Å². The van der Waals surface area contributed by atoms with Gasteiger partial charge in [-0.1, -0.05) is 18.5 Å². The highest BCUT2D eigenvalue weighted by Crippen LogP contribution is 2.40. The van der Waals surface area contributed by atoms with Gasteiger partial charge in [0.15, 0.2) is 5.65 Å². The smallest absolute Gasteiger partial charge is 0.335 e. The predicted molar refractivity (Wildman–Crippen MR) is 114 cm³/mol. The van der Waals surface area contributed by atoms with Crippen LogP contribution in [0.3, 0.4) is 0 Å². The summed E-state index contributed by atoms with van der Waals surface area (Å²) in [6.07, 6.45) is 2.04. The number of hydrogen-bond donors (Lipinski definition) is 1. The number of nitrogens with one attached hydrogen (secondary N) is 1. The van der Waals surface area contributed by atoms with Crippen LogP contribution in [0.1, 0.15) is 20.3 Å². The molecule has 0 aliphatic carbocycles. The molecule has 9 nitrogen and oxygen atoms in total. The minimum atomic E-state index is -3.98. The van der Waals surface area contributed by atoms with Crippen LogP contribution in [0.5, 0.6) is 5.75 Å². The monoisotopic (exact) mass is 469 g/mol. The summed E-state index contributed by atoms with van der Waals surface area (Å²) in [5.74, 6) is 0.414. The lowest BCUT2D eigenvalue weighted by molar-refractivity contribution is 0.341. The van der Waals surface area contributed by atoms with Gasteiger partial charge in [0, 0.05) is 22.8 Å². The molecule has 4 aromatic rings. The zero-order valence-electron chi connectivity index (χ0n) is 16.0. The Morgan fingerprint density at radius 3 is 2.70 bits per heavy atom. The molecule has 0 saturated carbocycles. The molecule has 0 spiro atoms. The second-order valence-electron chi connectivity index (χ2n) is 6.53. The van der Waals surface area contributed by atoms with E-state index in [9.17, 15) is 13.2 Å². The zero-order valence-corrected chi connectivity index (χ0v) is 18.3. The van der Waals surface area contributed by atoms with Crippen LogP contribution in [0.15, 0.2) is 34.2 Å². The number of aromatic amines is 1. The van der Waals surface area contributed by atoms with Gasteiger partial charge in [-0.25, -0.2) is 17.6 Å². The fourth-order valence-corrected chi connectivity index (χ4v) is 4.53. The van der Waals surface area contributed by atoms with Crippen molar-refractivity contribution in [2.24, 2.45) is 0 Å². The molecule has 12 heteroatoms. The zero-order chi connectivity index (χ0) is 21.6. The Morgan fingerprint density at radius 1 is 1.27 bits per heavy atom. The van der Waals surface area contributed by atoms with Crippen molar-refractivity contribution in [2.75, 3.05) is 6.61 Å². The average molecular weight is 470 g/mol. The number of hydrogen-bond acceptors (Lipinski definition) is 6. The summed E-state index contributed by atoms with van der Waals surface area (Å²) in [6.45, 7) is 4.53. The van der Waals surface area contributed by atoms with E-state index in [4.69, 9.17) is 27.0 Å². The van der Waals surface area contributed by atoms with E-state index in [1.807, 2.05) is 6.92 Å². The Labute approximate surface area is 180 Å². The van der Waals surface area contributed by atoms with Gasteiger partial charge in [-0.15, -0.1) is 10.2 Å². The summed E-state index contributed by atoms with van der Waals surface area (Å²) in [6, 6.07) is 4.26. The largest absolute Gasteiger partial charge is 0.493 e. The van der Waals surface area contributed by atoms with Crippen LogP contribution in [0.4, 0.5) is 0 Å². The topological polar surface area (TPSA) is 111 Å². The Balaban J connectivity index is 2.11. The van der Waals surface area contributed by atoms with Crippen LogP contribution < -0.4 is 10.4 Å². The highest BCUT2D eigenvalue weighted by molar-refractivity contribution is 8.13. The van der Waals surface area contributed by atoms with Crippen molar-refractivity contribution in [2.45, 2.75) is 31.7 Å². The summed E-state index contributed by atoms with van der Waals surface area (Å²) >= 11 is 6.72. The van der Waals surface area contributed by atoms with Crippen LogP contribution in [0.25, 0.3) is 27.9 Å². The standard InChI is InChI=1S/C18H17Cl2N5O4S/c1-3-7-24-16-13(19)14(22-15(16)17-23-21-9-25(17)18(24)26)11-8-10(30(20,27)28)5-6-12(11)29-4-2/h5-6,8-9,22H,3-4,7H2,1-2H3. The van der Waals surface area contributed by atoms with Crippen molar-refractivity contribution in [3.8, 4) is 17.0 Å². The summed E-state index contributed by atoms with van der Waals surface area (Å²) < 4.78 is 32.3. The molecule has 0 saturated heterocycles. The summed E-state index contributed by atoms with van der Waals surface area (Å²) in [5, 5.41) is 8.11. The van der Waals surface area contributed by atoms with Crippen molar-refractivity contribution >= 4 is 48.0 Å². The number of ether oxygens (including phenoxy) is 1. The van der Waals surface area contributed by atoms with Gasteiger partial charge in [0.25, 0.3) is 9.05 Å². The molecular formula is C18H17Cl2N5O4S. The van der Waals surface area contributed by atoms with E-state index in [1.54, 1.807) is 6.92 Å². The van der Waals surface area contributed by atoms with Gasteiger partial charge in [-0.2, -0.15) is 0 Å². The van der Waals surface area contributed by atoms with Gasteiger partial charge in [0.1, 0.15) is 17.6 Å². The Kier molecular flexibility index (Phi) is 5.25. The predicted octanol–water partition coefficient (Wildman–Crippen LogP) is 3.43. The quantitative estimate of drug-likeness (QED) is 0.433. The highest BCUT2D eigenvalue weighted by Gasteiger charge is 2.24. The number of H-pyrrole nitrogens is 1. The normalized spacial score (nSPS) is 12.1. The number of benzene rings is 1. The third-order valence-corrected chi connectivity index (χ3v) is 6.36. The van der Waals surface area contributed by atoms with E-state index in [1.165, 1.54) is 33.5 Å². The molecule has 3 aromatic heterocycles. The van der Waals surface area contributed by atoms with Crippen molar-refractivity contribution < 1.29 is 13.2 Å². The van der Waals surface area contributed by atoms with E-state index in [2.05, 4.69) is 15.2 Å². The van der Waals surface area contributed by atoms with Gasteiger partial charge in [0.05, 0.1) is 27.7 Å². The third kappa shape index (κ3) is 3.24. The van der Waals surface area contributed by atoms with Gasteiger partial charge in [0.2, 0.25) is 0 Å². The molecule has 0 bridgehead atoms. The van der Waals surface area contributed by atoms with E-state index in [-0.39, 0.29) is 15.6 Å². The maximum Gasteiger partial charge on any atom is 0.335 e. The molecular weight excluding hydrogens is 453 g/mol. The number of halogens is 2. The second kappa shape index (κ2) is 7.60. The Bertz CT molecular complexity index is 1440. The molecule has 0 unspecified atom stereocenters. The maximum atomic E-state index is 12.9. The van der Waals surface area contributed by atoms with Crippen molar-refractivity contribution in [1.29, 1.82) is 0 Å². The first-order valence-corrected chi connectivity index (χ1v) is 11.8. The maximum absolute atomic E-state index is 12.9. The molecule has 3 heterocycles. The average Bonchev–Trinajstić information content (AvgIpc) is 3.30. The van der Waals surface area contributed by atoms with Gasteiger partial charge < -0.3 is 9.72 Å². The molecule has 4 rings (SSSR count). The van der Waals surface area contributed by atoms with Crippen LogP contribution in [-0.4, -0.2) is 39.2 Å². The minimum Gasteiger partial charge on any atom is -0.493 e. The molecule has 0 atom stereocenters. The molecule has 0 amide bonds. The first-order chi connectivity index (χ1) is 14.3. The summed E-state index contributed by atoms with van der Waals surface area (Å²) in [4.78, 5) is 16.0. The SMILES string of the molecule is CCCn1c(=O)n2cnnc2c2[nH]c(-c3cc(S(=O)(=O)Cl)ccc3OCC)c(Cl)c21. The number of nitrogens with zero attached hydrogens (tertiary/aromatic N) is 4. The lowest BCUT2D eigenvalue weighted by Gasteiger charge is -2.11. The lowest BCUT2D eigenvalue weighted by Crippen LogP contribution is -2.26. The van der Waals surface area contributed by atoms with Crippen molar-refractivity contribution in [3.63, 3.8) is 0 Å². The van der Waals surface area contributed by atoms with Gasteiger partial charge in [-0.3, -0.25) is 4.57 Å². The van der Waals surface area contributed by atoms with Crippen molar-refractivity contribution in [3.05, 3.63) is 40.0 Å². The molecule has 158 valence electrons.